The topological polar surface area (TPSA) is 57.5 Å². The van der Waals surface area contributed by atoms with Crippen LogP contribution in [-0.4, -0.2) is 28.2 Å². The molecule has 4 rings (SSSR count). The van der Waals surface area contributed by atoms with Crippen molar-refractivity contribution in [3.63, 3.8) is 0 Å². The first-order valence-electron chi connectivity index (χ1n) is 13.1. The summed E-state index contributed by atoms with van der Waals surface area (Å²) >= 11 is 0. The maximum atomic E-state index is 12.5. The van der Waals surface area contributed by atoms with Crippen LogP contribution in [0.2, 0.25) is 0 Å². The van der Waals surface area contributed by atoms with Gasteiger partial charge in [-0.3, -0.25) is 4.79 Å². The fourth-order valence-corrected chi connectivity index (χ4v) is 8.48. The second-order valence-electron chi connectivity index (χ2n) is 12.7. The predicted octanol–water partition coefficient (Wildman–Crippen LogP) is 5.93. The van der Waals surface area contributed by atoms with Gasteiger partial charge in [-0.1, -0.05) is 52.7 Å². The molecule has 0 spiro atoms. The van der Waals surface area contributed by atoms with Crippen molar-refractivity contribution in [2.45, 2.75) is 112 Å². The Kier molecular flexibility index (Phi) is 6.27. The first kappa shape index (κ1) is 23.5. The number of ketones is 1. The van der Waals surface area contributed by atoms with Gasteiger partial charge in [0.25, 0.3) is 0 Å². The van der Waals surface area contributed by atoms with Crippen LogP contribution in [0.15, 0.2) is 11.1 Å². The van der Waals surface area contributed by atoms with Crippen LogP contribution in [0, 0.1) is 46.3 Å². The predicted molar refractivity (Wildman–Crippen MR) is 125 cm³/mol. The zero-order valence-corrected chi connectivity index (χ0v) is 20.8. The highest BCUT2D eigenvalue weighted by atomic mass is 16.3. The van der Waals surface area contributed by atoms with Crippen molar-refractivity contribution >= 4 is 5.78 Å². The first-order chi connectivity index (χ1) is 14.5. The molecule has 0 aromatic rings. The average molecular weight is 431 g/mol. The van der Waals surface area contributed by atoms with Crippen molar-refractivity contribution in [1.29, 1.82) is 0 Å². The average Bonchev–Trinajstić information content (AvgIpc) is 3.05. The highest BCUT2D eigenvalue weighted by molar-refractivity contribution is 5.84. The fourth-order valence-electron chi connectivity index (χ4n) is 8.48. The normalized spacial score (nSPS) is 43.3. The molecule has 9 atom stereocenters. The van der Waals surface area contributed by atoms with Crippen LogP contribution in [0.1, 0.15) is 99.3 Å². The van der Waals surface area contributed by atoms with E-state index in [9.17, 15) is 15.0 Å². The van der Waals surface area contributed by atoms with Gasteiger partial charge in [-0.15, -0.1) is 0 Å². The lowest BCUT2D eigenvalue weighted by atomic mass is 9.48. The van der Waals surface area contributed by atoms with Crippen LogP contribution in [0.5, 0.6) is 0 Å². The van der Waals surface area contributed by atoms with Gasteiger partial charge in [0.15, 0.2) is 5.78 Å². The Balaban J connectivity index is 1.56. The summed E-state index contributed by atoms with van der Waals surface area (Å²) in [5, 5.41) is 21.0. The number of hydrogen-bond donors (Lipinski definition) is 2. The Bertz CT molecular complexity index is 739. The monoisotopic (exact) mass is 430 g/mol. The molecule has 2 N–H and O–H groups in total. The van der Waals surface area contributed by atoms with E-state index in [1.807, 2.05) is 0 Å². The smallest absolute Gasteiger partial charge is 0.161 e. The van der Waals surface area contributed by atoms with E-state index >= 15 is 0 Å². The molecule has 4 aliphatic rings. The quantitative estimate of drug-likeness (QED) is 0.532. The van der Waals surface area contributed by atoms with Crippen LogP contribution in [0.4, 0.5) is 0 Å². The van der Waals surface area contributed by atoms with Gasteiger partial charge >= 0.3 is 0 Å². The molecule has 0 heterocycles. The largest absolute Gasteiger partial charge is 0.393 e. The summed E-state index contributed by atoms with van der Waals surface area (Å²) in [4.78, 5) is 12.5. The Hall–Kier alpha value is -0.670. The maximum absolute atomic E-state index is 12.5. The van der Waals surface area contributed by atoms with E-state index in [1.165, 1.54) is 32.1 Å². The lowest BCUT2D eigenvalue weighted by Crippen LogP contribution is -2.51. The highest BCUT2D eigenvalue weighted by Crippen LogP contribution is 2.65. The SMILES string of the molecule is CC(C)[C@@H](C)C(O)C[C@@H](C)[C@H]1CCC2=C3CCC4CC(O)C(=O)C[C@]4(C)[C@H]3CC[C@@]21C. The lowest BCUT2D eigenvalue weighted by molar-refractivity contribution is -0.141. The van der Waals surface area contributed by atoms with Crippen molar-refractivity contribution in [3.8, 4) is 0 Å². The number of aliphatic hydroxyl groups is 2. The zero-order chi connectivity index (χ0) is 22.7. The molecule has 0 amide bonds. The van der Waals surface area contributed by atoms with Crippen LogP contribution in [0.3, 0.4) is 0 Å². The number of fused-ring (bicyclic) bond motifs is 4. The second kappa shape index (κ2) is 8.28. The van der Waals surface area contributed by atoms with Crippen molar-refractivity contribution in [1.82, 2.24) is 0 Å². The van der Waals surface area contributed by atoms with E-state index < -0.39 is 6.10 Å². The number of carbonyl (C=O) groups is 1. The first-order valence-corrected chi connectivity index (χ1v) is 13.1. The molecule has 176 valence electrons. The molecule has 3 saturated carbocycles. The summed E-state index contributed by atoms with van der Waals surface area (Å²) in [6, 6.07) is 0. The molecule has 0 aliphatic heterocycles. The standard InChI is InChI=1S/C28H46O3/c1-16(2)18(4)24(29)13-17(3)21-9-10-22-20-8-7-19-14-25(30)26(31)15-28(19,6)23(20)11-12-27(21,22)5/h16-19,21,23-25,29-30H,7-15H2,1-6H3/t17-,18-,19?,21-,23+,24?,25?,27-,28+/m1/s1. The van der Waals surface area contributed by atoms with E-state index in [2.05, 4.69) is 41.5 Å². The van der Waals surface area contributed by atoms with E-state index in [-0.39, 0.29) is 22.7 Å². The van der Waals surface area contributed by atoms with E-state index in [0.29, 0.717) is 48.3 Å². The van der Waals surface area contributed by atoms with Crippen molar-refractivity contribution < 1.29 is 15.0 Å². The minimum Gasteiger partial charge on any atom is -0.393 e. The van der Waals surface area contributed by atoms with Gasteiger partial charge in [-0.2, -0.15) is 0 Å². The summed E-state index contributed by atoms with van der Waals surface area (Å²) in [6.07, 6.45) is 8.42. The third kappa shape index (κ3) is 3.76. The Morgan fingerprint density at radius 1 is 1.06 bits per heavy atom. The maximum Gasteiger partial charge on any atom is 0.161 e. The number of rotatable bonds is 5. The molecule has 0 bridgehead atoms. The van der Waals surface area contributed by atoms with Crippen LogP contribution < -0.4 is 0 Å². The molecule has 0 saturated heterocycles. The Morgan fingerprint density at radius 3 is 2.45 bits per heavy atom. The van der Waals surface area contributed by atoms with E-state index in [4.69, 9.17) is 0 Å². The summed E-state index contributed by atoms with van der Waals surface area (Å²) < 4.78 is 0. The third-order valence-electron chi connectivity index (χ3n) is 10.9. The van der Waals surface area contributed by atoms with Gasteiger partial charge in [-0.05, 0) is 97.7 Å². The molecule has 3 fully saturated rings. The van der Waals surface area contributed by atoms with Gasteiger partial charge in [0.1, 0.15) is 6.10 Å². The summed E-state index contributed by atoms with van der Waals surface area (Å²) in [7, 11) is 0. The van der Waals surface area contributed by atoms with Crippen molar-refractivity contribution in [2.75, 3.05) is 0 Å². The molecule has 3 heteroatoms. The highest BCUT2D eigenvalue weighted by Gasteiger charge is 2.57. The molecule has 4 aliphatic carbocycles. The minimum absolute atomic E-state index is 0.0464. The number of carbonyl (C=O) groups excluding carboxylic acids is 1. The van der Waals surface area contributed by atoms with Gasteiger partial charge in [0.2, 0.25) is 0 Å². The molecular formula is C28H46O3. The number of Topliss-reactive ketones (excluding diaryl/α,β-unsaturated/α-hetero) is 1. The molecule has 3 unspecified atom stereocenters. The minimum atomic E-state index is -0.725. The Morgan fingerprint density at radius 2 is 1.77 bits per heavy atom. The Labute approximate surface area is 190 Å². The number of hydrogen-bond acceptors (Lipinski definition) is 3. The molecular weight excluding hydrogens is 384 g/mol. The van der Waals surface area contributed by atoms with Crippen LogP contribution >= 0.6 is 0 Å². The molecule has 0 aromatic heterocycles. The van der Waals surface area contributed by atoms with Gasteiger partial charge < -0.3 is 10.2 Å². The molecule has 0 aromatic carbocycles. The van der Waals surface area contributed by atoms with Crippen LogP contribution in [0.25, 0.3) is 0 Å². The lowest BCUT2D eigenvalue weighted by Gasteiger charge is -2.56. The van der Waals surface area contributed by atoms with E-state index in [1.54, 1.807) is 11.1 Å². The summed E-state index contributed by atoms with van der Waals surface area (Å²) in [5.74, 6) is 3.15. The second-order valence-corrected chi connectivity index (χ2v) is 12.7. The fraction of sp³-hybridized carbons (Fsp3) is 0.893. The molecule has 31 heavy (non-hydrogen) atoms. The summed E-state index contributed by atoms with van der Waals surface area (Å²) in [5.41, 5.74) is 3.74. The number of aliphatic hydroxyl groups excluding tert-OH is 2. The van der Waals surface area contributed by atoms with Crippen molar-refractivity contribution in [2.24, 2.45) is 46.3 Å². The van der Waals surface area contributed by atoms with Gasteiger partial charge in [0, 0.05) is 6.42 Å². The van der Waals surface area contributed by atoms with Crippen LogP contribution in [-0.2, 0) is 4.79 Å². The molecule has 0 radical (unpaired) electrons. The van der Waals surface area contributed by atoms with Gasteiger partial charge in [0.05, 0.1) is 6.10 Å². The van der Waals surface area contributed by atoms with E-state index in [0.717, 1.165) is 12.8 Å². The molecule has 3 nitrogen and oxygen atoms in total. The van der Waals surface area contributed by atoms with Gasteiger partial charge in [-0.25, -0.2) is 0 Å². The third-order valence-corrected chi connectivity index (χ3v) is 10.9. The zero-order valence-electron chi connectivity index (χ0n) is 20.8. The summed E-state index contributed by atoms with van der Waals surface area (Å²) in [6.45, 7) is 13.9. The van der Waals surface area contributed by atoms with Crippen molar-refractivity contribution in [3.05, 3.63) is 11.1 Å². The number of allylic oxidation sites excluding steroid dienone is 2.